The summed E-state index contributed by atoms with van der Waals surface area (Å²) in [6, 6.07) is 3.53. The number of nitrogens with zero attached hydrogens (tertiary/aromatic N) is 2. The third kappa shape index (κ3) is 5.26. The van der Waals surface area contributed by atoms with Crippen molar-refractivity contribution >= 4 is 57.4 Å². The molecule has 2 N–H and O–H groups in total. The van der Waals surface area contributed by atoms with E-state index in [2.05, 4.69) is 26.1 Å². The lowest BCUT2D eigenvalue weighted by Gasteiger charge is -2.33. The van der Waals surface area contributed by atoms with Crippen molar-refractivity contribution in [3.05, 3.63) is 16.6 Å². The van der Waals surface area contributed by atoms with Crippen molar-refractivity contribution in [1.82, 2.24) is 10.2 Å². The van der Waals surface area contributed by atoms with Crippen LogP contribution >= 0.6 is 15.9 Å². The van der Waals surface area contributed by atoms with Gasteiger partial charge in [0.1, 0.15) is 5.60 Å². The van der Waals surface area contributed by atoms with Crippen LogP contribution in [0.2, 0.25) is 0 Å². The van der Waals surface area contributed by atoms with E-state index in [0.29, 0.717) is 32.2 Å². The molecule has 1 aliphatic heterocycles. The van der Waals surface area contributed by atoms with E-state index in [1.54, 1.807) is 19.9 Å². The van der Waals surface area contributed by atoms with Crippen molar-refractivity contribution in [3.63, 3.8) is 0 Å². The maximum atomic E-state index is 13.0. The van der Waals surface area contributed by atoms with Crippen LogP contribution in [0.15, 0.2) is 16.6 Å². The molecule has 1 aromatic carbocycles. The SMILES string of the molecule is CC(C)(C)CC(C)(C)OC(=O)N(C(=O)O)c1n[nH]c2c(Br)cc(B3OC(C)(C)C(C)(C)O3)cc12. The number of ether oxygens (including phenoxy) is 1. The molecule has 0 atom stereocenters. The first kappa shape index (κ1) is 26.5. The van der Waals surface area contributed by atoms with Crippen LogP contribution in [-0.2, 0) is 14.0 Å². The van der Waals surface area contributed by atoms with Gasteiger partial charge in [0, 0.05) is 9.86 Å². The standard InChI is InChI=1S/C23H33BBrN3O6/c1-20(2,3)12-21(4,5)32-19(31)28(18(29)30)17-14-10-13(11-15(25)16(14)26-27-17)24-33-22(6,7)23(8,9)34-24/h10-11H,12H2,1-9H3,(H,26,27)(H,29,30). The monoisotopic (exact) mass is 537 g/mol. The molecule has 0 bridgehead atoms. The van der Waals surface area contributed by atoms with Crippen LogP contribution < -0.4 is 10.4 Å². The first-order valence-electron chi connectivity index (χ1n) is 11.1. The molecule has 0 radical (unpaired) electrons. The Morgan fingerprint density at radius 3 is 2.21 bits per heavy atom. The first-order chi connectivity index (χ1) is 15.3. The number of carboxylic acid groups (broad SMARTS) is 1. The molecule has 0 unspecified atom stereocenters. The first-order valence-corrected chi connectivity index (χ1v) is 11.9. The summed E-state index contributed by atoms with van der Waals surface area (Å²) in [5, 5.41) is 17.3. The Labute approximate surface area is 208 Å². The average Bonchev–Trinajstić information content (AvgIpc) is 3.10. The Bertz CT molecular complexity index is 1110. The van der Waals surface area contributed by atoms with Gasteiger partial charge >= 0.3 is 19.3 Å². The predicted octanol–water partition coefficient (Wildman–Crippen LogP) is 5.46. The van der Waals surface area contributed by atoms with Gasteiger partial charge < -0.3 is 19.2 Å². The molecule has 34 heavy (non-hydrogen) atoms. The van der Waals surface area contributed by atoms with E-state index in [9.17, 15) is 14.7 Å². The maximum Gasteiger partial charge on any atom is 0.494 e. The highest BCUT2D eigenvalue weighted by atomic mass is 79.9. The van der Waals surface area contributed by atoms with Crippen molar-refractivity contribution in [1.29, 1.82) is 0 Å². The summed E-state index contributed by atoms with van der Waals surface area (Å²) in [4.78, 5) is 25.7. The third-order valence-electron chi connectivity index (χ3n) is 6.06. The van der Waals surface area contributed by atoms with Crippen molar-refractivity contribution in [2.24, 2.45) is 5.41 Å². The second kappa shape index (κ2) is 8.53. The van der Waals surface area contributed by atoms with Crippen LogP contribution in [0.4, 0.5) is 15.4 Å². The van der Waals surface area contributed by atoms with E-state index in [4.69, 9.17) is 14.0 Å². The number of halogens is 1. The number of anilines is 1. The van der Waals surface area contributed by atoms with E-state index in [1.165, 1.54) is 0 Å². The van der Waals surface area contributed by atoms with E-state index >= 15 is 0 Å². The Morgan fingerprint density at radius 1 is 1.15 bits per heavy atom. The summed E-state index contributed by atoms with van der Waals surface area (Å²) < 4.78 is 18.5. The lowest BCUT2D eigenvalue weighted by molar-refractivity contribution is 0.00578. The maximum absolute atomic E-state index is 13.0. The molecule has 11 heteroatoms. The second-order valence-corrected chi connectivity index (χ2v) is 12.4. The van der Waals surface area contributed by atoms with Gasteiger partial charge in [-0.1, -0.05) is 20.8 Å². The van der Waals surface area contributed by atoms with Gasteiger partial charge in [-0.25, -0.2) is 9.59 Å². The van der Waals surface area contributed by atoms with Gasteiger partial charge in [-0.05, 0) is 86.9 Å². The average molecular weight is 538 g/mol. The highest BCUT2D eigenvalue weighted by Crippen LogP contribution is 2.38. The Kier molecular flexibility index (Phi) is 6.65. The smallest absolute Gasteiger partial charge is 0.464 e. The topological polar surface area (TPSA) is 114 Å². The fraction of sp³-hybridized carbons (Fsp3) is 0.609. The number of H-pyrrole nitrogens is 1. The van der Waals surface area contributed by atoms with Gasteiger partial charge in [0.15, 0.2) is 5.82 Å². The van der Waals surface area contributed by atoms with E-state index < -0.39 is 36.1 Å². The zero-order chi connectivity index (χ0) is 25.9. The number of nitrogens with one attached hydrogen (secondary N) is 1. The molecule has 186 valence electrons. The number of fused-ring (bicyclic) bond motifs is 1. The van der Waals surface area contributed by atoms with Crippen molar-refractivity contribution in [2.45, 2.75) is 85.5 Å². The highest BCUT2D eigenvalue weighted by molar-refractivity contribution is 9.10. The van der Waals surface area contributed by atoms with Crippen molar-refractivity contribution < 1.29 is 28.7 Å². The van der Waals surface area contributed by atoms with Crippen LogP contribution in [0.1, 0.15) is 68.7 Å². The van der Waals surface area contributed by atoms with Gasteiger partial charge in [-0.3, -0.25) is 5.10 Å². The summed E-state index contributed by atoms with van der Waals surface area (Å²) in [5.41, 5.74) is -0.916. The molecule has 0 saturated carbocycles. The molecule has 1 saturated heterocycles. The second-order valence-electron chi connectivity index (χ2n) is 11.5. The molecule has 2 amide bonds. The fourth-order valence-corrected chi connectivity index (χ4v) is 4.79. The number of amides is 2. The Hall–Kier alpha value is -2.11. The molecule has 0 spiro atoms. The summed E-state index contributed by atoms with van der Waals surface area (Å²) >= 11 is 3.51. The lowest BCUT2D eigenvalue weighted by atomic mass is 9.78. The minimum Gasteiger partial charge on any atom is -0.464 e. The summed E-state index contributed by atoms with van der Waals surface area (Å²) in [6.07, 6.45) is -1.98. The van der Waals surface area contributed by atoms with E-state index in [-0.39, 0.29) is 11.2 Å². The number of rotatable bonds is 4. The molecular formula is C23H33BBrN3O6. The van der Waals surface area contributed by atoms with Crippen LogP contribution in [-0.4, -0.2) is 51.4 Å². The fourth-order valence-electron chi connectivity index (χ4n) is 4.22. The largest absolute Gasteiger partial charge is 0.494 e. The third-order valence-corrected chi connectivity index (χ3v) is 6.68. The molecule has 2 aromatic rings. The zero-order valence-corrected chi connectivity index (χ0v) is 22.8. The van der Waals surface area contributed by atoms with Gasteiger partial charge in [0.05, 0.1) is 16.7 Å². The number of hydrogen-bond donors (Lipinski definition) is 2. The summed E-state index contributed by atoms with van der Waals surface area (Å²) in [6.45, 7) is 17.4. The van der Waals surface area contributed by atoms with E-state index in [0.717, 1.165) is 0 Å². The molecule has 1 aliphatic rings. The number of aromatic amines is 1. The number of carbonyl (C=O) groups excluding carboxylic acids is 1. The summed E-state index contributed by atoms with van der Waals surface area (Å²) in [5.74, 6) is -0.0851. The number of benzene rings is 1. The van der Waals surface area contributed by atoms with Crippen LogP contribution in [0.3, 0.4) is 0 Å². The molecule has 1 fully saturated rings. The number of carbonyl (C=O) groups is 2. The van der Waals surface area contributed by atoms with Gasteiger partial charge in [0.2, 0.25) is 0 Å². The molecular weight excluding hydrogens is 505 g/mol. The van der Waals surface area contributed by atoms with Crippen molar-refractivity contribution in [2.75, 3.05) is 4.90 Å². The van der Waals surface area contributed by atoms with Gasteiger partial charge in [-0.15, -0.1) is 0 Å². The zero-order valence-electron chi connectivity index (χ0n) is 21.2. The van der Waals surface area contributed by atoms with Crippen LogP contribution in [0, 0.1) is 5.41 Å². The molecule has 2 heterocycles. The number of aromatic nitrogens is 2. The van der Waals surface area contributed by atoms with Crippen molar-refractivity contribution in [3.8, 4) is 0 Å². The minimum absolute atomic E-state index is 0.0851. The Balaban J connectivity index is 2.01. The molecule has 9 nitrogen and oxygen atoms in total. The molecule has 0 aliphatic carbocycles. The van der Waals surface area contributed by atoms with Gasteiger partial charge in [0.25, 0.3) is 0 Å². The van der Waals surface area contributed by atoms with Crippen LogP contribution in [0.5, 0.6) is 0 Å². The number of imide groups is 1. The highest BCUT2D eigenvalue weighted by Gasteiger charge is 2.52. The van der Waals surface area contributed by atoms with E-state index in [1.807, 2.05) is 54.5 Å². The summed E-state index contributed by atoms with van der Waals surface area (Å²) in [7, 11) is -0.676. The number of hydrogen-bond acceptors (Lipinski definition) is 6. The van der Waals surface area contributed by atoms with Crippen LogP contribution in [0.25, 0.3) is 10.9 Å². The minimum atomic E-state index is -1.50. The normalized spacial score (nSPS) is 17.8. The lowest BCUT2D eigenvalue weighted by Crippen LogP contribution is -2.42. The molecule has 3 rings (SSSR count). The Morgan fingerprint density at radius 2 is 1.71 bits per heavy atom. The quantitative estimate of drug-likeness (QED) is 0.497. The van der Waals surface area contributed by atoms with Gasteiger partial charge in [-0.2, -0.15) is 10.00 Å². The predicted molar refractivity (Wildman–Crippen MR) is 135 cm³/mol. The molecule has 1 aromatic heterocycles.